The molecule has 0 radical (unpaired) electrons. The van der Waals surface area contributed by atoms with Gasteiger partial charge in [-0.1, -0.05) is 18.2 Å². The molecule has 0 spiro atoms. The van der Waals surface area contributed by atoms with Gasteiger partial charge in [-0.15, -0.1) is 30.3 Å². The van der Waals surface area contributed by atoms with E-state index in [0.717, 1.165) is 6.07 Å². The van der Waals surface area contributed by atoms with Crippen LogP contribution < -0.4 is 19.2 Å². The largest absolute Gasteiger partial charge is 0.453 e. The van der Waals surface area contributed by atoms with E-state index in [-0.39, 0.29) is 17.2 Å². The van der Waals surface area contributed by atoms with Gasteiger partial charge < -0.3 is 4.74 Å². The third-order valence-electron chi connectivity index (χ3n) is 2.52. The number of para-hydroxylation sites is 3. The highest BCUT2D eigenvalue weighted by atomic mass is 17.0. The lowest BCUT2D eigenvalue weighted by Gasteiger charge is -2.13. The summed E-state index contributed by atoms with van der Waals surface area (Å²) in [7, 11) is 0. The molecule has 25 heavy (non-hydrogen) atoms. The monoisotopic (exact) mass is 353 g/mol. The highest BCUT2D eigenvalue weighted by Gasteiger charge is 2.19. The van der Waals surface area contributed by atoms with Crippen molar-refractivity contribution in [3.8, 4) is 28.7 Å². The minimum Gasteiger partial charge on any atom is -0.453 e. The van der Waals surface area contributed by atoms with Crippen LogP contribution in [-0.2, 0) is 0 Å². The molecule has 0 aliphatic rings. The molecule has 0 atom stereocenters. The van der Waals surface area contributed by atoms with Crippen LogP contribution in [-0.4, -0.2) is 15.3 Å². The van der Waals surface area contributed by atoms with Crippen LogP contribution in [0.5, 0.6) is 28.7 Å². The summed E-state index contributed by atoms with van der Waals surface area (Å²) in [5.74, 6) is -2.17. The molecule has 0 unspecified atom stereocenters. The van der Waals surface area contributed by atoms with Crippen LogP contribution in [0, 0.1) is 30.3 Å². The van der Waals surface area contributed by atoms with E-state index in [1.54, 1.807) is 0 Å². The van der Waals surface area contributed by atoms with Gasteiger partial charge in [-0.2, -0.15) is 0 Å². The molecule has 0 bridgehead atoms. The zero-order valence-electron chi connectivity index (χ0n) is 12.0. The maximum absolute atomic E-state index is 10.6. The lowest BCUT2D eigenvalue weighted by Crippen LogP contribution is -2.10. The summed E-state index contributed by atoms with van der Waals surface area (Å²) < 4.78 is 5.30. The Balaban J connectivity index is 2.44. The molecule has 0 saturated heterocycles. The molecule has 0 saturated carbocycles. The lowest BCUT2D eigenvalue weighted by molar-refractivity contribution is -0.721. The zero-order valence-corrected chi connectivity index (χ0v) is 12.0. The third-order valence-corrected chi connectivity index (χ3v) is 2.52. The highest BCUT2D eigenvalue weighted by Crippen LogP contribution is 2.41. The Bertz CT molecular complexity index is 825. The summed E-state index contributed by atoms with van der Waals surface area (Å²) in [6.45, 7) is 0. The van der Waals surface area contributed by atoms with Crippen molar-refractivity contribution in [3.63, 3.8) is 0 Å². The van der Waals surface area contributed by atoms with Crippen molar-refractivity contribution in [2.75, 3.05) is 0 Å². The normalized spacial score (nSPS) is 9.76. The van der Waals surface area contributed by atoms with Crippen molar-refractivity contribution in [2.24, 2.45) is 0 Å². The number of hydrogen-bond donors (Lipinski definition) is 0. The van der Waals surface area contributed by atoms with E-state index in [0.29, 0.717) is 0 Å². The van der Waals surface area contributed by atoms with Crippen LogP contribution in [0.4, 0.5) is 0 Å². The molecule has 2 aromatic carbocycles. The lowest BCUT2D eigenvalue weighted by atomic mass is 10.3. The molecule has 0 aromatic heterocycles. The second-order valence-electron chi connectivity index (χ2n) is 4.08. The van der Waals surface area contributed by atoms with Crippen LogP contribution in [0.1, 0.15) is 0 Å². The molecule has 0 fully saturated rings. The third kappa shape index (κ3) is 4.65. The van der Waals surface area contributed by atoms with Gasteiger partial charge in [-0.3, -0.25) is 14.5 Å². The van der Waals surface area contributed by atoms with Gasteiger partial charge in [0.05, 0.1) is 0 Å². The molecule has 13 nitrogen and oxygen atoms in total. The molecule has 2 rings (SSSR count). The Hall–Kier alpha value is -4.16. The van der Waals surface area contributed by atoms with Crippen molar-refractivity contribution < 1.29 is 34.5 Å². The first-order valence-electron chi connectivity index (χ1n) is 6.24. The van der Waals surface area contributed by atoms with Gasteiger partial charge in [-0.05, 0) is 24.3 Å². The smallest absolute Gasteiger partial charge is 0.299 e. The second-order valence-corrected chi connectivity index (χ2v) is 4.08. The Kier molecular flexibility index (Phi) is 5.09. The molecule has 13 heteroatoms. The summed E-state index contributed by atoms with van der Waals surface area (Å²) in [6.07, 6.45) is 0. The topological polar surface area (TPSA) is 166 Å². The summed E-state index contributed by atoms with van der Waals surface area (Å²) in [5.41, 5.74) is 0. The van der Waals surface area contributed by atoms with Crippen molar-refractivity contribution in [3.05, 3.63) is 72.8 Å². The molecular weight excluding hydrogens is 346 g/mol. The summed E-state index contributed by atoms with van der Waals surface area (Å²) >= 11 is 0. The number of ether oxygens (including phenoxy) is 1. The molecule has 0 aliphatic heterocycles. The van der Waals surface area contributed by atoms with Gasteiger partial charge in [0.2, 0.25) is 0 Å². The first kappa shape index (κ1) is 17.2. The van der Waals surface area contributed by atoms with E-state index in [1.165, 1.54) is 36.4 Å². The van der Waals surface area contributed by atoms with Gasteiger partial charge in [0.1, 0.15) is 0 Å². The minimum atomic E-state index is -1.23. The number of nitrogens with zero attached hydrogens (tertiary/aromatic N) is 3. The molecule has 0 heterocycles. The van der Waals surface area contributed by atoms with Crippen molar-refractivity contribution in [2.45, 2.75) is 0 Å². The molecular formula is C12H7N3O10. The van der Waals surface area contributed by atoms with E-state index in [9.17, 15) is 30.3 Å². The summed E-state index contributed by atoms with van der Waals surface area (Å²) in [4.78, 5) is 44.3. The van der Waals surface area contributed by atoms with Gasteiger partial charge in [0.25, 0.3) is 15.3 Å². The first-order chi connectivity index (χ1) is 11.9. The quantitative estimate of drug-likeness (QED) is 0.506. The molecule has 0 aliphatic carbocycles. The summed E-state index contributed by atoms with van der Waals surface area (Å²) in [5, 5.41) is 28.1. The number of hydrogen-bond acceptors (Lipinski definition) is 10. The number of rotatable bonds is 8. The maximum atomic E-state index is 10.6. The standard InChI is InChI=1S/C12H7N3O10/c16-13(17)23-9-5-2-1-4-8(9)22-10-6-3-7-11(24-14(18)19)12(10)25-15(20)21/h1-7H. The zero-order chi connectivity index (χ0) is 18.4. The first-order valence-corrected chi connectivity index (χ1v) is 6.24. The van der Waals surface area contributed by atoms with Crippen LogP contribution in [0.15, 0.2) is 42.5 Å². The van der Waals surface area contributed by atoms with Crippen LogP contribution in [0.2, 0.25) is 0 Å². The second kappa shape index (κ2) is 7.40. The Morgan fingerprint density at radius 1 is 0.600 bits per heavy atom. The molecule has 0 amide bonds. The van der Waals surface area contributed by atoms with E-state index in [4.69, 9.17) is 4.74 Å². The predicted molar refractivity (Wildman–Crippen MR) is 75.8 cm³/mol. The van der Waals surface area contributed by atoms with E-state index in [1.807, 2.05) is 0 Å². The Morgan fingerprint density at radius 3 is 1.68 bits per heavy atom. The van der Waals surface area contributed by atoms with Crippen LogP contribution in [0.25, 0.3) is 0 Å². The average Bonchev–Trinajstić information content (AvgIpc) is 2.51. The number of benzene rings is 2. The van der Waals surface area contributed by atoms with Crippen LogP contribution in [0.3, 0.4) is 0 Å². The minimum absolute atomic E-state index is 0.189. The fourth-order valence-electron chi connectivity index (χ4n) is 1.70. The molecule has 130 valence electrons. The van der Waals surface area contributed by atoms with E-state index < -0.39 is 26.8 Å². The Morgan fingerprint density at radius 2 is 1.08 bits per heavy atom. The van der Waals surface area contributed by atoms with E-state index >= 15 is 0 Å². The van der Waals surface area contributed by atoms with Gasteiger partial charge >= 0.3 is 0 Å². The SMILES string of the molecule is O=[N+]([O-])Oc1ccccc1Oc1cccc(O[N+](=O)[O-])c1O[N+](=O)[O-]. The summed E-state index contributed by atoms with van der Waals surface area (Å²) in [6, 6.07) is 8.81. The Labute approximate surface area is 137 Å². The van der Waals surface area contributed by atoms with Crippen molar-refractivity contribution in [1.29, 1.82) is 0 Å². The van der Waals surface area contributed by atoms with Gasteiger partial charge in [-0.25, -0.2) is 0 Å². The van der Waals surface area contributed by atoms with Crippen molar-refractivity contribution in [1.82, 2.24) is 0 Å². The molecule has 0 N–H and O–H groups in total. The predicted octanol–water partition coefficient (Wildman–Crippen LogP) is 2.19. The van der Waals surface area contributed by atoms with E-state index in [2.05, 4.69) is 14.5 Å². The fraction of sp³-hybridized carbons (Fsp3) is 0. The fourth-order valence-corrected chi connectivity index (χ4v) is 1.70. The molecule has 2 aromatic rings. The van der Waals surface area contributed by atoms with Gasteiger partial charge in [0, 0.05) is 0 Å². The highest BCUT2D eigenvalue weighted by molar-refractivity contribution is 5.53. The average molecular weight is 353 g/mol. The maximum Gasteiger partial charge on any atom is 0.299 e. The van der Waals surface area contributed by atoms with Crippen molar-refractivity contribution >= 4 is 0 Å². The van der Waals surface area contributed by atoms with Gasteiger partial charge in [0.15, 0.2) is 28.7 Å². The van der Waals surface area contributed by atoms with Crippen LogP contribution >= 0.6 is 0 Å².